The van der Waals surface area contributed by atoms with Crippen LogP contribution in [-0.4, -0.2) is 29.3 Å². The Balaban J connectivity index is 2.31. The summed E-state index contributed by atoms with van der Waals surface area (Å²) in [7, 11) is 0. The molecule has 2 unspecified atom stereocenters. The molecule has 2 rings (SSSR count). The van der Waals surface area contributed by atoms with Gasteiger partial charge in [-0.05, 0) is 31.0 Å². The van der Waals surface area contributed by atoms with Crippen LogP contribution in [-0.2, 0) is 9.59 Å². The van der Waals surface area contributed by atoms with Crippen molar-refractivity contribution in [3.05, 3.63) is 34.9 Å². The minimum Gasteiger partial charge on any atom is -0.345 e. The number of carbonyl (C=O) groups excluding carboxylic acids is 2. The summed E-state index contributed by atoms with van der Waals surface area (Å²) in [5.41, 5.74) is 0.939. The number of carbonyl (C=O) groups is 2. The van der Waals surface area contributed by atoms with Gasteiger partial charge < -0.3 is 10.2 Å². The Morgan fingerprint density at radius 2 is 2.21 bits per heavy atom. The number of hydrogen-bond donors (Lipinski definition) is 1. The zero-order valence-electron chi connectivity index (χ0n) is 11.0. The van der Waals surface area contributed by atoms with Crippen LogP contribution >= 0.6 is 11.6 Å². The third kappa shape index (κ3) is 2.73. The number of nitrogens with one attached hydrogen (secondary N) is 1. The lowest BCUT2D eigenvalue weighted by atomic mass is 10.0. The summed E-state index contributed by atoms with van der Waals surface area (Å²) in [6, 6.07) is 6.82. The lowest BCUT2D eigenvalue weighted by Crippen LogP contribution is -2.58. The molecule has 0 bridgehead atoms. The smallest absolute Gasteiger partial charge is 0.243 e. The summed E-state index contributed by atoms with van der Waals surface area (Å²) in [6.45, 7) is 3.89. The number of piperazine rings is 1. The second-order valence-electron chi connectivity index (χ2n) is 4.67. The van der Waals surface area contributed by atoms with Crippen LogP contribution in [0.5, 0.6) is 0 Å². The number of rotatable bonds is 3. The summed E-state index contributed by atoms with van der Waals surface area (Å²) in [6.07, 6.45) is 0.600. The van der Waals surface area contributed by atoms with Crippen molar-refractivity contribution in [1.82, 2.24) is 10.2 Å². The van der Waals surface area contributed by atoms with Crippen LogP contribution in [0.15, 0.2) is 24.3 Å². The summed E-state index contributed by atoms with van der Waals surface area (Å²) in [5.74, 6) is -0.144. The molecule has 0 saturated carbocycles. The van der Waals surface area contributed by atoms with Crippen molar-refractivity contribution in [1.29, 1.82) is 0 Å². The Kier molecular flexibility index (Phi) is 4.10. The fourth-order valence-corrected chi connectivity index (χ4v) is 2.67. The van der Waals surface area contributed by atoms with Gasteiger partial charge in [-0.1, -0.05) is 30.7 Å². The van der Waals surface area contributed by atoms with Crippen molar-refractivity contribution >= 4 is 23.4 Å². The van der Waals surface area contributed by atoms with Gasteiger partial charge in [0.05, 0.1) is 12.6 Å². The van der Waals surface area contributed by atoms with Gasteiger partial charge >= 0.3 is 0 Å². The highest BCUT2D eigenvalue weighted by Crippen LogP contribution is 2.27. The molecule has 1 heterocycles. The van der Waals surface area contributed by atoms with Gasteiger partial charge in [0.25, 0.3) is 0 Å². The molecular formula is C14H17ClN2O2. The molecule has 4 nitrogen and oxygen atoms in total. The van der Waals surface area contributed by atoms with Gasteiger partial charge in [-0.3, -0.25) is 9.59 Å². The van der Waals surface area contributed by atoms with Crippen molar-refractivity contribution < 1.29 is 9.59 Å². The second kappa shape index (κ2) is 5.61. The van der Waals surface area contributed by atoms with E-state index in [0.717, 1.165) is 5.56 Å². The number of halogens is 1. The topological polar surface area (TPSA) is 49.4 Å². The molecule has 1 saturated heterocycles. The molecule has 1 aliphatic rings. The molecule has 2 atom stereocenters. The molecule has 0 radical (unpaired) electrons. The van der Waals surface area contributed by atoms with Crippen molar-refractivity contribution in [3.63, 3.8) is 0 Å². The Labute approximate surface area is 117 Å². The maximum atomic E-state index is 12.1. The van der Waals surface area contributed by atoms with E-state index in [2.05, 4.69) is 5.32 Å². The van der Waals surface area contributed by atoms with Gasteiger partial charge in [0.15, 0.2) is 0 Å². The standard InChI is InChI=1S/C14H17ClN2O2/c1-3-12-14(19)16-8-13(18)17(12)9(2)10-5-4-6-11(15)7-10/h4-7,9,12H,3,8H2,1-2H3,(H,16,19). The third-order valence-corrected chi connectivity index (χ3v) is 3.71. The van der Waals surface area contributed by atoms with E-state index in [1.54, 1.807) is 11.0 Å². The van der Waals surface area contributed by atoms with Gasteiger partial charge in [0.2, 0.25) is 11.8 Å². The maximum Gasteiger partial charge on any atom is 0.243 e. The molecule has 19 heavy (non-hydrogen) atoms. The summed E-state index contributed by atoms with van der Waals surface area (Å²) < 4.78 is 0. The van der Waals surface area contributed by atoms with Crippen molar-refractivity contribution in [2.75, 3.05) is 6.54 Å². The first kappa shape index (κ1) is 13.9. The first-order valence-corrected chi connectivity index (χ1v) is 6.76. The number of benzene rings is 1. The second-order valence-corrected chi connectivity index (χ2v) is 5.11. The van der Waals surface area contributed by atoms with E-state index >= 15 is 0 Å². The van der Waals surface area contributed by atoms with Crippen LogP contribution in [0.1, 0.15) is 31.9 Å². The molecule has 1 fully saturated rings. The number of hydrogen-bond acceptors (Lipinski definition) is 2. The molecule has 0 aromatic heterocycles. The van der Waals surface area contributed by atoms with Gasteiger partial charge in [-0.25, -0.2) is 0 Å². The van der Waals surface area contributed by atoms with Crippen LogP contribution in [0.4, 0.5) is 0 Å². The summed E-state index contributed by atoms with van der Waals surface area (Å²) in [4.78, 5) is 25.6. The molecule has 1 aromatic carbocycles. The lowest BCUT2D eigenvalue weighted by Gasteiger charge is -2.39. The molecule has 1 aliphatic heterocycles. The predicted molar refractivity (Wildman–Crippen MR) is 73.8 cm³/mol. The number of nitrogens with zero attached hydrogens (tertiary/aromatic N) is 1. The minimum absolute atomic E-state index is 0.0566. The quantitative estimate of drug-likeness (QED) is 0.922. The Bertz CT molecular complexity index is 504. The van der Waals surface area contributed by atoms with Crippen molar-refractivity contribution in [2.45, 2.75) is 32.4 Å². The highest BCUT2D eigenvalue weighted by atomic mass is 35.5. The first-order chi connectivity index (χ1) is 9.04. The molecule has 0 spiro atoms. The van der Waals surface area contributed by atoms with E-state index < -0.39 is 6.04 Å². The molecule has 2 amide bonds. The average molecular weight is 281 g/mol. The van der Waals surface area contributed by atoms with Crippen LogP contribution in [0, 0.1) is 0 Å². The van der Waals surface area contributed by atoms with Crippen LogP contribution in [0.2, 0.25) is 5.02 Å². The van der Waals surface area contributed by atoms with Gasteiger partial charge in [-0.15, -0.1) is 0 Å². The largest absolute Gasteiger partial charge is 0.345 e. The summed E-state index contributed by atoms with van der Waals surface area (Å²) >= 11 is 5.98. The van der Waals surface area contributed by atoms with E-state index in [-0.39, 0.29) is 24.4 Å². The normalized spacial score (nSPS) is 21.2. The Morgan fingerprint density at radius 3 is 2.84 bits per heavy atom. The van der Waals surface area contributed by atoms with E-state index in [4.69, 9.17) is 11.6 Å². The molecule has 5 heteroatoms. The van der Waals surface area contributed by atoms with Gasteiger partial charge in [-0.2, -0.15) is 0 Å². The lowest BCUT2D eigenvalue weighted by molar-refractivity contribution is -0.148. The van der Waals surface area contributed by atoms with Gasteiger partial charge in [0, 0.05) is 5.02 Å². The molecular weight excluding hydrogens is 264 g/mol. The minimum atomic E-state index is -0.407. The molecule has 102 valence electrons. The molecule has 1 aromatic rings. The molecule has 1 N–H and O–H groups in total. The van der Waals surface area contributed by atoms with E-state index in [0.29, 0.717) is 11.4 Å². The van der Waals surface area contributed by atoms with Crippen LogP contribution in [0.25, 0.3) is 0 Å². The Morgan fingerprint density at radius 1 is 1.47 bits per heavy atom. The monoisotopic (exact) mass is 280 g/mol. The fraction of sp³-hybridized carbons (Fsp3) is 0.429. The van der Waals surface area contributed by atoms with Crippen molar-refractivity contribution in [3.8, 4) is 0 Å². The predicted octanol–water partition coefficient (Wildman–Crippen LogP) is 2.14. The zero-order chi connectivity index (χ0) is 14.0. The SMILES string of the molecule is CCC1C(=O)NCC(=O)N1C(C)c1cccc(Cl)c1. The fourth-order valence-electron chi connectivity index (χ4n) is 2.47. The van der Waals surface area contributed by atoms with Gasteiger partial charge in [0.1, 0.15) is 6.04 Å². The van der Waals surface area contributed by atoms with Crippen LogP contribution in [0.3, 0.4) is 0 Å². The van der Waals surface area contributed by atoms with Crippen LogP contribution < -0.4 is 5.32 Å². The zero-order valence-corrected chi connectivity index (χ0v) is 11.8. The van der Waals surface area contributed by atoms with E-state index in [9.17, 15) is 9.59 Å². The highest BCUT2D eigenvalue weighted by Gasteiger charge is 2.36. The third-order valence-electron chi connectivity index (χ3n) is 3.48. The van der Waals surface area contributed by atoms with Crippen molar-refractivity contribution in [2.24, 2.45) is 0 Å². The Hall–Kier alpha value is -1.55. The van der Waals surface area contributed by atoms with E-state index in [1.165, 1.54) is 0 Å². The maximum absolute atomic E-state index is 12.1. The summed E-state index contributed by atoms with van der Waals surface area (Å²) in [5, 5.41) is 3.26. The molecule has 0 aliphatic carbocycles. The van der Waals surface area contributed by atoms with E-state index in [1.807, 2.05) is 32.0 Å². The first-order valence-electron chi connectivity index (χ1n) is 6.39. The highest BCUT2D eigenvalue weighted by molar-refractivity contribution is 6.30. The number of amides is 2. The average Bonchev–Trinajstić information content (AvgIpc) is 2.40.